The van der Waals surface area contributed by atoms with Crippen molar-refractivity contribution < 1.29 is 14.8 Å². The molecule has 0 spiro atoms. The minimum Gasteiger partial charge on any atom is -0.396 e. The molecule has 2 atom stereocenters. The van der Waals surface area contributed by atoms with Gasteiger partial charge in [0.1, 0.15) is 0 Å². The molecular formula is C15H22N4O4. The van der Waals surface area contributed by atoms with Crippen LogP contribution in [0.4, 0.5) is 16.2 Å². The second-order valence-corrected chi connectivity index (χ2v) is 6.38. The molecule has 0 radical (unpaired) electrons. The fourth-order valence-electron chi connectivity index (χ4n) is 2.68. The van der Waals surface area contributed by atoms with E-state index in [9.17, 15) is 20.0 Å². The van der Waals surface area contributed by atoms with Gasteiger partial charge in [0.2, 0.25) is 0 Å². The first-order valence-electron chi connectivity index (χ1n) is 7.42. The minimum atomic E-state index is -0.457. The third-order valence-electron chi connectivity index (χ3n) is 4.31. The Balaban J connectivity index is 2.41. The van der Waals surface area contributed by atoms with Crippen molar-refractivity contribution >= 4 is 17.4 Å². The van der Waals surface area contributed by atoms with Crippen molar-refractivity contribution in [2.45, 2.75) is 32.4 Å². The summed E-state index contributed by atoms with van der Waals surface area (Å²) in [5.41, 5.74) is 0.985. The van der Waals surface area contributed by atoms with E-state index >= 15 is 0 Å². The predicted octanol–water partition coefficient (Wildman–Crippen LogP) is 1.77. The first-order chi connectivity index (χ1) is 10.8. The van der Waals surface area contributed by atoms with Crippen LogP contribution in [0.1, 0.15) is 31.9 Å². The first-order valence-corrected chi connectivity index (χ1v) is 7.42. The number of aliphatic hydroxyl groups is 1. The van der Waals surface area contributed by atoms with Crippen LogP contribution in [0.5, 0.6) is 0 Å². The molecule has 4 N–H and O–H groups in total. The van der Waals surface area contributed by atoms with Crippen molar-refractivity contribution in [2.24, 2.45) is 5.41 Å². The Labute approximate surface area is 134 Å². The van der Waals surface area contributed by atoms with Crippen LogP contribution < -0.4 is 16.0 Å². The molecule has 2 unspecified atom stereocenters. The molecule has 1 aliphatic heterocycles. The van der Waals surface area contributed by atoms with E-state index in [0.717, 1.165) is 5.69 Å². The summed E-state index contributed by atoms with van der Waals surface area (Å²) in [5.74, 6) is 0. The highest BCUT2D eigenvalue weighted by Crippen LogP contribution is 2.40. The number of aliphatic hydroxyl groups excluding tert-OH is 1. The van der Waals surface area contributed by atoms with E-state index in [1.54, 1.807) is 6.07 Å². The number of non-ortho nitro benzene ring substituents is 1. The van der Waals surface area contributed by atoms with Crippen molar-refractivity contribution in [2.75, 3.05) is 19.0 Å². The molecule has 2 rings (SSSR count). The molecule has 2 amide bonds. The summed E-state index contributed by atoms with van der Waals surface area (Å²) < 4.78 is 0. The number of nitro benzene ring substituents is 1. The molecule has 0 fully saturated rings. The third kappa shape index (κ3) is 3.53. The van der Waals surface area contributed by atoms with Crippen LogP contribution in [-0.2, 0) is 0 Å². The zero-order valence-corrected chi connectivity index (χ0v) is 13.4. The number of urea groups is 1. The van der Waals surface area contributed by atoms with Gasteiger partial charge in [0.05, 0.1) is 17.6 Å². The molecule has 8 nitrogen and oxygen atoms in total. The van der Waals surface area contributed by atoms with E-state index < -0.39 is 10.3 Å². The van der Waals surface area contributed by atoms with E-state index in [0.29, 0.717) is 12.0 Å². The van der Waals surface area contributed by atoms with Crippen LogP contribution in [0.2, 0.25) is 0 Å². The topological polar surface area (TPSA) is 117 Å². The van der Waals surface area contributed by atoms with Crippen LogP contribution in [0.15, 0.2) is 18.2 Å². The molecule has 0 aliphatic carbocycles. The normalized spacial score (nSPS) is 20.2. The van der Waals surface area contributed by atoms with E-state index in [1.807, 2.05) is 13.8 Å². The lowest BCUT2D eigenvalue weighted by atomic mass is 9.78. The Morgan fingerprint density at radius 3 is 2.78 bits per heavy atom. The van der Waals surface area contributed by atoms with Crippen molar-refractivity contribution in [3.8, 4) is 0 Å². The summed E-state index contributed by atoms with van der Waals surface area (Å²) in [6.45, 7) is 3.84. The standard InChI is InChI=1S/C15H22N4O4/c1-15(2,8-20)13-7-12(18-14(21)16-3)10-6-9(19(22)23)4-5-11(10)17-13/h4-6,12-13,17,20H,7-8H2,1-3H3,(H2,16,18,21). The predicted molar refractivity (Wildman–Crippen MR) is 86.3 cm³/mol. The second kappa shape index (κ2) is 6.41. The molecule has 8 heteroatoms. The number of nitro groups is 1. The maximum Gasteiger partial charge on any atom is 0.315 e. The maximum atomic E-state index is 11.7. The van der Waals surface area contributed by atoms with Gasteiger partial charge in [0.15, 0.2) is 0 Å². The number of rotatable bonds is 4. The summed E-state index contributed by atoms with van der Waals surface area (Å²) in [4.78, 5) is 22.2. The van der Waals surface area contributed by atoms with Crippen molar-refractivity contribution in [1.29, 1.82) is 0 Å². The monoisotopic (exact) mass is 322 g/mol. The third-order valence-corrected chi connectivity index (χ3v) is 4.31. The summed E-state index contributed by atoms with van der Waals surface area (Å²) in [7, 11) is 1.51. The van der Waals surface area contributed by atoms with Crippen LogP contribution in [-0.4, -0.2) is 35.8 Å². The average Bonchev–Trinajstić information content (AvgIpc) is 2.53. The van der Waals surface area contributed by atoms with E-state index in [1.165, 1.54) is 19.2 Å². The van der Waals surface area contributed by atoms with Crippen LogP contribution in [0.25, 0.3) is 0 Å². The first kappa shape index (κ1) is 17.0. The van der Waals surface area contributed by atoms with Crippen molar-refractivity contribution in [3.05, 3.63) is 33.9 Å². The summed E-state index contributed by atoms with van der Waals surface area (Å²) in [6, 6.07) is 3.74. The summed E-state index contributed by atoms with van der Waals surface area (Å²) in [6.07, 6.45) is 0.523. The lowest BCUT2D eigenvalue weighted by Crippen LogP contribution is -2.47. The maximum absolute atomic E-state index is 11.7. The van der Waals surface area contributed by atoms with Gasteiger partial charge in [-0.15, -0.1) is 0 Å². The highest BCUT2D eigenvalue weighted by atomic mass is 16.6. The number of benzene rings is 1. The molecule has 1 aliphatic rings. The SMILES string of the molecule is CNC(=O)NC1CC(C(C)(C)CO)Nc2ccc([N+](=O)[O-])cc21. The van der Waals surface area contributed by atoms with E-state index in [4.69, 9.17) is 0 Å². The van der Waals surface area contributed by atoms with Crippen LogP contribution >= 0.6 is 0 Å². The summed E-state index contributed by atoms with van der Waals surface area (Å²) >= 11 is 0. The van der Waals surface area contributed by atoms with Gasteiger partial charge in [-0.2, -0.15) is 0 Å². The quantitative estimate of drug-likeness (QED) is 0.498. The average molecular weight is 322 g/mol. The zero-order chi connectivity index (χ0) is 17.2. The van der Waals surface area contributed by atoms with Crippen LogP contribution in [0, 0.1) is 15.5 Å². The Hall–Kier alpha value is -2.35. The van der Waals surface area contributed by atoms with Gasteiger partial charge in [-0.3, -0.25) is 10.1 Å². The van der Waals surface area contributed by atoms with Crippen molar-refractivity contribution in [1.82, 2.24) is 10.6 Å². The van der Waals surface area contributed by atoms with E-state index in [2.05, 4.69) is 16.0 Å². The molecular weight excluding hydrogens is 300 g/mol. The van der Waals surface area contributed by atoms with Gasteiger partial charge in [0.25, 0.3) is 5.69 Å². The lowest BCUT2D eigenvalue weighted by molar-refractivity contribution is -0.384. The second-order valence-electron chi connectivity index (χ2n) is 6.38. The number of amides is 2. The van der Waals surface area contributed by atoms with Crippen molar-refractivity contribution in [3.63, 3.8) is 0 Å². The highest BCUT2D eigenvalue weighted by Gasteiger charge is 2.37. The molecule has 23 heavy (non-hydrogen) atoms. The molecule has 0 saturated heterocycles. The smallest absolute Gasteiger partial charge is 0.315 e. The number of nitrogens with one attached hydrogen (secondary N) is 3. The molecule has 1 aromatic carbocycles. The van der Waals surface area contributed by atoms with Crippen LogP contribution in [0.3, 0.4) is 0 Å². The molecule has 1 aromatic rings. The Bertz CT molecular complexity index is 617. The van der Waals surface area contributed by atoms with Gasteiger partial charge in [0, 0.05) is 41.9 Å². The lowest BCUT2D eigenvalue weighted by Gasteiger charge is -2.41. The van der Waals surface area contributed by atoms with Gasteiger partial charge in [-0.05, 0) is 12.5 Å². The Morgan fingerprint density at radius 2 is 2.22 bits per heavy atom. The van der Waals surface area contributed by atoms with Gasteiger partial charge in [-0.1, -0.05) is 13.8 Å². The number of carbonyl (C=O) groups is 1. The van der Waals surface area contributed by atoms with Gasteiger partial charge >= 0.3 is 6.03 Å². The van der Waals surface area contributed by atoms with Gasteiger partial charge < -0.3 is 21.1 Å². The number of hydrogen-bond donors (Lipinski definition) is 4. The number of anilines is 1. The number of fused-ring (bicyclic) bond motifs is 1. The molecule has 126 valence electrons. The number of carbonyl (C=O) groups excluding carboxylic acids is 1. The minimum absolute atomic E-state index is 0.0142. The van der Waals surface area contributed by atoms with E-state index in [-0.39, 0.29) is 30.4 Å². The largest absolute Gasteiger partial charge is 0.396 e. The Kier molecular flexibility index (Phi) is 4.74. The summed E-state index contributed by atoms with van der Waals surface area (Å²) in [5, 5.41) is 29.2. The fourth-order valence-corrected chi connectivity index (χ4v) is 2.68. The Morgan fingerprint density at radius 1 is 1.52 bits per heavy atom. The van der Waals surface area contributed by atoms with Gasteiger partial charge in [-0.25, -0.2) is 4.79 Å². The number of nitrogens with zero attached hydrogens (tertiary/aromatic N) is 1. The molecule has 1 heterocycles. The zero-order valence-electron chi connectivity index (χ0n) is 13.4. The number of hydrogen-bond acceptors (Lipinski definition) is 5. The molecule has 0 saturated carbocycles. The molecule has 0 aromatic heterocycles. The molecule has 0 bridgehead atoms. The fraction of sp³-hybridized carbons (Fsp3) is 0.533. The highest BCUT2D eigenvalue weighted by molar-refractivity contribution is 5.75.